The summed E-state index contributed by atoms with van der Waals surface area (Å²) in [4.78, 5) is 17.0. The van der Waals surface area contributed by atoms with E-state index in [1.54, 1.807) is 11.6 Å². The monoisotopic (exact) mass is 338 g/mol. The quantitative estimate of drug-likeness (QED) is 0.768. The molecule has 3 aromatic rings. The van der Waals surface area contributed by atoms with Gasteiger partial charge < -0.3 is 5.32 Å². The molecule has 2 aromatic heterocycles. The Morgan fingerprint density at radius 2 is 1.96 bits per heavy atom. The van der Waals surface area contributed by atoms with Crippen LogP contribution < -0.4 is 5.32 Å². The Balaban J connectivity index is 1.51. The van der Waals surface area contributed by atoms with Crippen LogP contribution in [0, 0.1) is 0 Å². The third-order valence-electron chi connectivity index (χ3n) is 4.34. The highest BCUT2D eigenvalue weighted by atomic mass is 32.1. The number of benzene rings is 1. The molecule has 4 rings (SSSR count). The summed E-state index contributed by atoms with van der Waals surface area (Å²) in [6.07, 6.45) is 6.44. The molecule has 5 nitrogen and oxygen atoms in total. The number of carbonyl (C=O) groups is 1. The van der Waals surface area contributed by atoms with Gasteiger partial charge in [0.05, 0.1) is 12.2 Å². The van der Waals surface area contributed by atoms with Gasteiger partial charge in [-0.15, -0.1) is 11.3 Å². The van der Waals surface area contributed by atoms with Crippen molar-refractivity contribution in [3.63, 3.8) is 0 Å². The number of thiazole rings is 1. The molecule has 122 valence electrons. The first-order valence-corrected chi connectivity index (χ1v) is 9.05. The summed E-state index contributed by atoms with van der Waals surface area (Å²) in [5.74, 6) is 0.564. The van der Waals surface area contributed by atoms with Gasteiger partial charge in [0.1, 0.15) is 16.5 Å². The smallest absolute Gasteiger partial charge is 0.276 e. The Morgan fingerprint density at radius 1 is 1.17 bits per heavy atom. The zero-order valence-electron chi connectivity index (χ0n) is 13.2. The van der Waals surface area contributed by atoms with E-state index in [9.17, 15) is 4.79 Å². The van der Waals surface area contributed by atoms with Gasteiger partial charge in [-0.1, -0.05) is 43.2 Å². The highest BCUT2D eigenvalue weighted by Crippen LogP contribution is 2.31. The minimum atomic E-state index is -0.187. The molecule has 0 saturated heterocycles. The van der Waals surface area contributed by atoms with E-state index in [0.29, 0.717) is 11.7 Å². The van der Waals surface area contributed by atoms with E-state index in [1.165, 1.54) is 24.2 Å². The lowest BCUT2D eigenvalue weighted by Crippen LogP contribution is -2.18. The molecular weight excluding hydrogens is 320 g/mol. The van der Waals surface area contributed by atoms with Gasteiger partial charge in [-0.05, 0) is 12.8 Å². The van der Waals surface area contributed by atoms with E-state index in [1.807, 2.05) is 41.1 Å². The molecule has 0 aliphatic heterocycles. The fourth-order valence-corrected chi connectivity index (χ4v) is 3.93. The number of rotatable bonds is 4. The predicted octanol–water partition coefficient (Wildman–Crippen LogP) is 4.37. The van der Waals surface area contributed by atoms with Crippen molar-refractivity contribution in [2.75, 3.05) is 5.32 Å². The Morgan fingerprint density at radius 3 is 2.75 bits per heavy atom. The molecular formula is C18H18N4OS. The Kier molecular flexibility index (Phi) is 4.13. The molecule has 0 unspecified atom stereocenters. The summed E-state index contributed by atoms with van der Waals surface area (Å²) in [7, 11) is 0. The Bertz CT molecular complexity index is 834. The van der Waals surface area contributed by atoms with Crippen molar-refractivity contribution in [3.05, 3.63) is 53.7 Å². The predicted molar refractivity (Wildman–Crippen MR) is 95.2 cm³/mol. The van der Waals surface area contributed by atoms with Crippen molar-refractivity contribution in [1.29, 1.82) is 0 Å². The van der Waals surface area contributed by atoms with E-state index in [2.05, 4.69) is 15.4 Å². The van der Waals surface area contributed by atoms with E-state index < -0.39 is 0 Å². The number of amides is 1. The lowest BCUT2D eigenvalue weighted by atomic mass is 10.2. The van der Waals surface area contributed by atoms with Gasteiger partial charge in [-0.2, -0.15) is 5.10 Å². The molecule has 6 heteroatoms. The molecule has 0 radical (unpaired) electrons. The van der Waals surface area contributed by atoms with Crippen LogP contribution >= 0.6 is 11.3 Å². The molecule has 1 fully saturated rings. The van der Waals surface area contributed by atoms with E-state index in [0.717, 1.165) is 29.2 Å². The first-order valence-electron chi connectivity index (χ1n) is 8.17. The van der Waals surface area contributed by atoms with Gasteiger partial charge in [-0.3, -0.25) is 4.79 Å². The molecule has 1 aliphatic rings. The minimum Gasteiger partial charge on any atom is -0.305 e. The summed E-state index contributed by atoms with van der Waals surface area (Å²) in [6, 6.07) is 12.1. The van der Waals surface area contributed by atoms with Gasteiger partial charge in [0.25, 0.3) is 5.91 Å². The van der Waals surface area contributed by atoms with Gasteiger partial charge in [0.2, 0.25) is 0 Å². The van der Waals surface area contributed by atoms with Gasteiger partial charge in [0.15, 0.2) is 0 Å². The molecule has 1 aromatic carbocycles. The van der Waals surface area contributed by atoms with Crippen LogP contribution in [-0.4, -0.2) is 20.7 Å². The van der Waals surface area contributed by atoms with E-state index in [4.69, 9.17) is 0 Å². The lowest BCUT2D eigenvalue weighted by molar-refractivity contribution is 0.102. The van der Waals surface area contributed by atoms with Crippen LogP contribution in [0.3, 0.4) is 0 Å². The number of hydrogen-bond donors (Lipinski definition) is 1. The maximum absolute atomic E-state index is 12.5. The molecule has 1 N–H and O–H groups in total. The van der Waals surface area contributed by atoms with Crippen LogP contribution in [0.2, 0.25) is 0 Å². The lowest BCUT2D eigenvalue weighted by Gasteiger charge is -2.14. The zero-order valence-corrected chi connectivity index (χ0v) is 14.0. The molecule has 2 heterocycles. The van der Waals surface area contributed by atoms with Gasteiger partial charge in [-0.25, -0.2) is 9.67 Å². The second-order valence-electron chi connectivity index (χ2n) is 5.96. The number of nitrogens with one attached hydrogen (secondary N) is 1. The SMILES string of the molecule is O=C(Nc1ccnn1C1CCCC1)c1csc(-c2ccccc2)n1. The number of nitrogens with zero attached hydrogens (tertiary/aromatic N) is 3. The average molecular weight is 338 g/mol. The molecule has 1 aliphatic carbocycles. The second kappa shape index (κ2) is 6.57. The summed E-state index contributed by atoms with van der Waals surface area (Å²) in [5, 5.41) is 9.99. The highest BCUT2D eigenvalue weighted by molar-refractivity contribution is 7.13. The summed E-state index contributed by atoms with van der Waals surface area (Å²) >= 11 is 1.48. The van der Waals surface area contributed by atoms with E-state index in [-0.39, 0.29) is 5.91 Å². The van der Waals surface area contributed by atoms with Crippen molar-refractivity contribution in [3.8, 4) is 10.6 Å². The van der Waals surface area contributed by atoms with Gasteiger partial charge in [0, 0.05) is 17.0 Å². The van der Waals surface area contributed by atoms with Crippen molar-refractivity contribution in [1.82, 2.24) is 14.8 Å². The van der Waals surface area contributed by atoms with Gasteiger partial charge >= 0.3 is 0 Å². The van der Waals surface area contributed by atoms with Crippen molar-refractivity contribution >= 4 is 23.1 Å². The van der Waals surface area contributed by atoms with Crippen molar-refractivity contribution < 1.29 is 4.79 Å². The van der Waals surface area contributed by atoms with Crippen LogP contribution in [-0.2, 0) is 0 Å². The topological polar surface area (TPSA) is 59.8 Å². The summed E-state index contributed by atoms with van der Waals surface area (Å²) in [6.45, 7) is 0. The Hall–Kier alpha value is -2.47. The molecule has 0 bridgehead atoms. The molecule has 24 heavy (non-hydrogen) atoms. The van der Waals surface area contributed by atoms with Crippen molar-refractivity contribution in [2.45, 2.75) is 31.7 Å². The Labute approximate surface area is 144 Å². The third-order valence-corrected chi connectivity index (χ3v) is 5.23. The zero-order chi connectivity index (χ0) is 16.4. The second-order valence-corrected chi connectivity index (χ2v) is 6.82. The maximum Gasteiger partial charge on any atom is 0.276 e. The van der Waals surface area contributed by atoms with Crippen LogP contribution in [0.25, 0.3) is 10.6 Å². The van der Waals surface area contributed by atoms with E-state index >= 15 is 0 Å². The summed E-state index contributed by atoms with van der Waals surface area (Å²) < 4.78 is 1.94. The fraction of sp³-hybridized carbons (Fsp3) is 0.278. The minimum absolute atomic E-state index is 0.187. The molecule has 0 spiro atoms. The highest BCUT2D eigenvalue weighted by Gasteiger charge is 2.21. The third kappa shape index (κ3) is 2.97. The molecule has 1 saturated carbocycles. The first kappa shape index (κ1) is 15.1. The summed E-state index contributed by atoms with van der Waals surface area (Å²) in [5.41, 5.74) is 1.47. The maximum atomic E-state index is 12.5. The largest absolute Gasteiger partial charge is 0.305 e. The number of hydrogen-bond acceptors (Lipinski definition) is 4. The number of anilines is 1. The number of aromatic nitrogens is 3. The average Bonchev–Trinajstić information content (AvgIpc) is 3.36. The molecule has 1 amide bonds. The molecule has 0 atom stereocenters. The van der Waals surface area contributed by atoms with Crippen LogP contribution in [0.1, 0.15) is 42.2 Å². The number of carbonyl (C=O) groups excluding carboxylic acids is 1. The standard InChI is InChI=1S/C18H18N4OS/c23-17(15-12-24-18(20-15)13-6-2-1-3-7-13)21-16-10-11-19-22(16)14-8-4-5-9-14/h1-3,6-7,10-12,14H,4-5,8-9H2,(H,21,23). The van der Waals surface area contributed by atoms with Crippen LogP contribution in [0.15, 0.2) is 48.0 Å². The normalized spacial score (nSPS) is 14.8. The van der Waals surface area contributed by atoms with Crippen LogP contribution in [0.4, 0.5) is 5.82 Å². The van der Waals surface area contributed by atoms with Crippen LogP contribution in [0.5, 0.6) is 0 Å². The first-order chi connectivity index (χ1) is 11.8. The van der Waals surface area contributed by atoms with Crippen molar-refractivity contribution in [2.24, 2.45) is 0 Å². The fourth-order valence-electron chi connectivity index (χ4n) is 3.12.